The summed E-state index contributed by atoms with van der Waals surface area (Å²) in [6.07, 6.45) is 3.41. The Morgan fingerprint density at radius 2 is 2.32 bits per heavy atom. The predicted molar refractivity (Wildman–Crippen MR) is 67.8 cm³/mol. The first-order valence-corrected chi connectivity index (χ1v) is 6.28. The fourth-order valence-electron chi connectivity index (χ4n) is 2.91. The summed E-state index contributed by atoms with van der Waals surface area (Å²) in [7, 11) is 0. The Morgan fingerprint density at radius 3 is 3.05 bits per heavy atom. The molecule has 3 rings (SSSR count). The molecule has 1 aromatic heterocycles. The maximum absolute atomic E-state index is 11.0. The third-order valence-corrected chi connectivity index (χ3v) is 4.02. The van der Waals surface area contributed by atoms with Crippen LogP contribution in [-0.2, 0) is 0 Å². The highest BCUT2D eigenvalue weighted by atomic mass is 16.4. The number of piperidine rings is 1. The third-order valence-electron chi connectivity index (χ3n) is 4.02. The molecular weight excluding hydrogens is 244 g/mol. The van der Waals surface area contributed by atoms with Crippen molar-refractivity contribution in [1.29, 1.82) is 5.26 Å². The Bertz CT molecular complexity index is 554. The molecule has 98 valence electrons. The lowest BCUT2D eigenvalue weighted by Crippen LogP contribution is -2.65. The molecule has 3 heterocycles. The molecule has 2 aliphatic heterocycles. The summed E-state index contributed by atoms with van der Waals surface area (Å²) < 4.78 is 0. The largest absolute Gasteiger partial charge is 0.465 e. The molecule has 0 bridgehead atoms. The van der Waals surface area contributed by atoms with E-state index in [9.17, 15) is 4.79 Å². The lowest BCUT2D eigenvalue weighted by atomic mass is 9.82. The van der Waals surface area contributed by atoms with Crippen LogP contribution in [0.3, 0.4) is 0 Å². The molecule has 6 heteroatoms. The molecule has 1 aromatic rings. The van der Waals surface area contributed by atoms with Crippen LogP contribution < -0.4 is 4.90 Å². The van der Waals surface area contributed by atoms with Crippen molar-refractivity contribution >= 4 is 11.8 Å². The Kier molecular flexibility index (Phi) is 2.75. The van der Waals surface area contributed by atoms with Crippen LogP contribution in [0.15, 0.2) is 18.5 Å². The molecule has 2 saturated heterocycles. The quantitative estimate of drug-likeness (QED) is 0.817. The molecule has 2 aliphatic rings. The van der Waals surface area contributed by atoms with Crippen LogP contribution in [-0.4, -0.2) is 46.8 Å². The van der Waals surface area contributed by atoms with Gasteiger partial charge in [-0.1, -0.05) is 0 Å². The number of carbonyl (C=O) groups is 1. The number of rotatable bonds is 1. The van der Waals surface area contributed by atoms with Gasteiger partial charge in [-0.05, 0) is 12.5 Å². The lowest BCUT2D eigenvalue weighted by Gasteiger charge is -2.52. The number of likely N-dealkylation sites (tertiary alicyclic amines) is 1. The summed E-state index contributed by atoms with van der Waals surface area (Å²) in [4.78, 5) is 18.7. The molecule has 19 heavy (non-hydrogen) atoms. The standard InChI is InChI=1S/C13H14N4O2/c14-4-9-3-11(6-15-5-9)16-2-1-10-7-17(13(18)19)12(10)8-16/h3,5-6,10,12H,1-2,7-8H2,(H,18,19)/t10-,12-/m0/s1. The molecular formula is C13H14N4O2. The Balaban J connectivity index is 1.76. The maximum atomic E-state index is 11.0. The molecule has 0 unspecified atom stereocenters. The SMILES string of the molecule is N#Cc1cncc(N2CC[C@H]3CN(C(=O)O)[C@H]3C2)c1. The van der Waals surface area contributed by atoms with E-state index in [2.05, 4.69) is 16.0 Å². The number of nitriles is 1. The van der Waals surface area contributed by atoms with Crippen molar-refractivity contribution in [3.8, 4) is 6.07 Å². The number of hydrogen-bond donors (Lipinski definition) is 1. The summed E-state index contributed by atoms with van der Waals surface area (Å²) in [5.74, 6) is 0.486. The van der Waals surface area contributed by atoms with Crippen LogP contribution in [0.2, 0.25) is 0 Å². The van der Waals surface area contributed by atoms with Gasteiger partial charge in [-0.25, -0.2) is 4.79 Å². The fourth-order valence-corrected chi connectivity index (χ4v) is 2.91. The van der Waals surface area contributed by atoms with E-state index in [0.717, 1.165) is 18.7 Å². The minimum absolute atomic E-state index is 0.0805. The van der Waals surface area contributed by atoms with Crippen molar-refractivity contribution in [3.63, 3.8) is 0 Å². The van der Waals surface area contributed by atoms with Crippen molar-refractivity contribution in [2.75, 3.05) is 24.5 Å². The highest BCUT2D eigenvalue weighted by Crippen LogP contribution is 2.34. The predicted octanol–water partition coefficient (Wildman–Crippen LogP) is 1.14. The average molecular weight is 258 g/mol. The normalized spacial score (nSPS) is 25.2. The smallest absolute Gasteiger partial charge is 0.407 e. The van der Waals surface area contributed by atoms with Gasteiger partial charge in [0.15, 0.2) is 0 Å². The second kappa shape index (κ2) is 4.43. The van der Waals surface area contributed by atoms with Crippen molar-refractivity contribution in [3.05, 3.63) is 24.0 Å². The molecule has 0 spiro atoms. The fraction of sp³-hybridized carbons (Fsp3) is 0.462. The number of carboxylic acid groups (broad SMARTS) is 1. The first kappa shape index (κ1) is 11.8. The zero-order valence-electron chi connectivity index (χ0n) is 10.4. The summed E-state index contributed by atoms with van der Waals surface area (Å²) >= 11 is 0. The summed E-state index contributed by atoms with van der Waals surface area (Å²) in [6, 6.07) is 3.96. The van der Waals surface area contributed by atoms with Gasteiger partial charge >= 0.3 is 6.09 Å². The molecule has 1 N–H and O–H groups in total. The van der Waals surface area contributed by atoms with E-state index in [1.165, 1.54) is 11.1 Å². The van der Waals surface area contributed by atoms with Crippen LogP contribution in [0.5, 0.6) is 0 Å². The molecule has 2 fully saturated rings. The Hall–Kier alpha value is -2.29. The molecule has 0 saturated carbocycles. The number of nitrogens with zero attached hydrogens (tertiary/aromatic N) is 4. The van der Waals surface area contributed by atoms with E-state index in [4.69, 9.17) is 10.4 Å². The van der Waals surface area contributed by atoms with Crippen LogP contribution >= 0.6 is 0 Å². The summed E-state index contributed by atoms with van der Waals surface area (Å²) in [5.41, 5.74) is 1.43. The van der Waals surface area contributed by atoms with Crippen LogP contribution in [0.4, 0.5) is 10.5 Å². The van der Waals surface area contributed by atoms with Gasteiger partial charge in [-0.15, -0.1) is 0 Å². The monoisotopic (exact) mass is 258 g/mol. The van der Waals surface area contributed by atoms with Crippen LogP contribution in [0.25, 0.3) is 0 Å². The number of aromatic nitrogens is 1. The molecule has 2 atom stereocenters. The van der Waals surface area contributed by atoms with E-state index in [1.807, 2.05) is 0 Å². The first-order chi connectivity index (χ1) is 9.19. The number of pyridine rings is 1. The number of hydrogen-bond acceptors (Lipinski definition) is 4. The zero-order valence-corrected chi connectivity index (χ0v) is 10.4. The van der Waals surface area contributed by atoms with Gasteiger partial charge in [0, 0.05) is 31.7 Å². The second-order valence-electron chi connectivity index (χ2n) is 5.04. The van der Waals surface area contributed by atoms with Crippen molar-refractivity contribution in [2.24, 2.45) is 5.92 Å². The van der Waals surface area contributed by atoms with Crippen molar-refractivity contribution < 1.29 is 9.90 Å². The summed E-state index contributed by atoms with van der Waals surface area (Å²) in [6.45, 7) is 2.24. The average Bonchev–Trinajstić information content (AvgIpc) is 2.40. The molecule has 0 aromatic carbocycles. The summed E-state index contributed by atoms with van der Waals surface area (Å²) in [5, 5.41) is 17.9. The van der Waals surface area contributed by atoms with Gasteiger partial charge in [0.05, 0.1) is 23.5 Å². The van der Waals surface area contributed by atoms with E-state index >= 15 is 0 Å². The minimum atomic E-state index is -0.841. The van der Waals surface area contributed by atoms with Gasteiger partial charge in [0.2, 0.25) is 0 Å². The molecule has 6 nitrogen and oxygen atoms in total. The second-order valence-corrected chi connectivity index (χ2v) is 5.04. The topological polar surface area (TPSA) is 80.5 Å². The van der Waals surface area contributed by atoms with Gasteiger partial charge in [-0.3, -0.25) is 4.98 Å². The van der Waals surface area contributed by atoms with Crippen molar-refractivity contribution in [2.45, 2.75) is 12.5 Å². The van der Waals surface area contributed by atoms with Gasteiger partial charge in [0.1, 0.15) is 6.07 Å². The first-order valence-electron chi connectivity index (χ1n) is 6.28. The van der Waals surface area contributed by atoms with Gasteiger partial charge in [-0.2, -0.15) is 5.26 Å². The third kappa shape index (κ3) is 1.97. The van der Waals surface area contributed by atoms with Gasteiger partial charge in [0.25, 0.3) is 0 Å². The molecule has 0 radical (unpaired) electrons. The van der Waals surface area contributed by atoms with Crippen LogP contribution in [0.1, 0.15) is 12.0 Å². The lowest BCUT2D eigenvalue weighted by molar-refractivity contribution is 0.0136. The maximum Gasteiger partial charge on any atom is 0.407 e. The van der Waals surface area contributed by atoms with Gasteiger partial charge < -0.3 is 14.9 Å². The van der Waals surface area contributed by atoms with E-state index in [-0.39, 0.29) is 6.04 Å². The number of anilines is 1. The molecule has 1 amide bonds. The Labute approximate surface area is 110 Å². The Morgan fingerprint density at radius 1 is 1.47 bits per heavy atom. The number of fused-ring (bicyclic) bond motifs is 1. The zero-order chi connectivity index (χ0) is 13.4. The highest BCUT2D eigenvalue weighted by Gasteiger charge is 2.45. The van der Waals surface area contributed by atoms with E-state index < -0.39 is 6.09 Å². The van der Waals surface area contributed by atoms with E-state index in [1.54, 1.807) is 12.3 Å². The van der Waals surface area contributed by atoms with Crippen molar-refractivity contribution in [1.82, 2.24) is 9.88 Å². The highest BCUT2D eigenvalue weighted by molar-refractivity contribution is 5.67. The molecule has 0 aliphatic carbocycles. The van der Waals surface area contributed by atoms with E-state index in [0.29, 0.717) is 24.6 Å². The van der Waals surface area contributed by atoms with Crippen LogP contribution in [0, 0.1) is 17.2 Å². The minimum Gasteiger partial charge on any atom is -0.465 e. The number of amides is 1.